The number of aryl methyl sites for hydroxylation is 1. The van der Waals surface area contributed by atoms with E-state index in [9.17, 15) is 17.8 Å². The van der Waals surface area contributed by atoms with Gasteiger partial charge in [-0.25, -0.2) is 8.42 Å². The molecule has 0 fully saturated rings. The normalized spacial score (nSPS) is 12.8. The number of methoxy groups -OCH3 is 1. The zero-order chi connectivity index (χ0) is 27.4. The van der Waals surface area contributed by atoms with Gasteiger partial charge in [-0.3, -0.25) is 9.48 Å². The van der Waals surface area contributed by atoms with Gasteiger partial charge in [0.1, 0.15) is 30.5 Å². The number of rotatable bonds is 12. The molecule has 0 radical (unpaired) electrons. The zero-order valence-corrected chi connectivity index (χ0v) is 23.6. The average Bonchev–Trinajstić information content (AvgIpc) is 3.10. The number of hydrogen-bond acceptors (Lipinski definition) is 8. The molecular weight excluding hydrogens is 515 g/mol. The molecule has 0 saturated carbocycles. The van der Waals surface area contributed by atoms with E-state index in [0.29, 0.717) is 35.1 Å². The summed E-state index contributed by atoms with van der Waals surface area (Å²) in [6, 6.07) is 12.7. The van der Waals surface area contributed by atoms with Crippen molar-refractivity contribution >= 4 is 22.8 Å². The van der Waals surface area contributed by atoms with E-state index in [-0.39, 0.29) is 29.5 Å². The van der Waals surface area contributed by atoms with Gasteiger partial charge in [0.2, 0.25) is 0 Å². The van der Waals surface area contributed by atoms with Crippen LogP contribution in [-0.2, 0) is 31.8 Å². The van der Waals surface area contributed by atoms with Gasteiger partial charge in [-0.15, -0.1) is 0 Å². The number of benzene rings is 2. The minimum atomic E-state index is -3.34. The van der Waals surface area contributed by atoms with Crippen LogP contribution >= 0.6 is 7.14 Å². The van der Waals surface area contributed by atoms with Gasteiger partial charge in [0.15, 0.2) is 15.6 Å². The van der Waals surface area contributed by atoms with Gasteiger partial charge >= 0.3 is 0 Å². The predicted octanol–water partition coefficient (Wildman–Crippen LogP) is 4.81. The van der Waals surface area contributed by atoms with Crippen molar-refractivity contribution in [3.05, 3.63) is 65.5 Å². The molecule has 0 aliphatic heterocycles. The fourth-order valence-electron chi connectivity index (χ4n) is 3.70. The molecule has 0 bridgehead atoms. The van der Waals surface area contributed by atoms with Crippen LogP contribution in [-0.4, -0.2) is 63.4 Å². The lowest BCUT2D eigenvalue weighted by molar-refractivity contribution is 0.0914. The molecule has 0 aliphatic carbocycles. The van der Waals surface area contributed by atoms with Gasteiger partial charge in [0.25, 0.3) is 0 Å². The van der Waals surface area contributed by atoms with Gasteiger partial charge in [-0.05, 0) is 69.6 Å². The molecule has 200 valence electrons. The highest BCUT2D eigenvalue weighted by atomic mass is 32.2. The summed E-state index contributed by atoms with van der Waals surface area (Å²) in [4.78, 5) is 13.5. The number of ketones is 1. The minimum Gasteiger partial charge on any atom is -0.488 e. The molecule has 0 spiro atoms. The molecule has 11 heteroatoms. The van der Waals surface area contributed by atoms with Crippen molar-refractivity contribution in [3.63, 3.8) is 0 Å². The van der Waals surface area contributed by atoms with Gasteiger partial charge in [-0.1, -0.05) is 0 Å². The summed E-state index contributed by atoms with van der Waals surface area (Å²) in [6.07, 6.45) is 1.17. The lowest BCUT2D eigenvalue weighted by Gasteiger charge is -2.16. The van der Waals surface area contributed by atoms with Crippen molar-refractivity contribution in [1.29, 1.82) is 0 Å². The van der Waals surface area contributed by atoms with Crippen LogP contribution in [0.25, 0.3) is 0 Å². The molecule has 2 aromatic carbocycles. The molecular formula is C26H33N2O7PS. The average molecular weight is 549 g/mol. The highest BCUT2D eigenvalue weighted by molar-refractivity contribution is 7.90. The molecule has 1 atom stereocenters. The van der Waals surface area contributed by atoms with Gasteiger partial charge < -0.3 is 18.8 Å². The van der Waals surface area contributed by atoms with Gasteiger partial charge in [-0.2, -0.15) is 5.10 Å². The van der Waals surface area contributed by atoms with Crippen LogP contribution < -0.4 is 9.47 Å². The summed E-state index contributed by atoms with van der Waals surface area (Å²) >= 11 is 0. The summed E-state index contributed by atoms with van der Waals surface area (Å²) in [5, 5.41) is 4.40. The number of Topliss-reactive ketones (excluding diaryl/α,β-unsaturated/α-hetero) is 1. The van der Waals surface area contributed by atoms with E-state index < -0.39 is 17.0 Å². The quantitative estimate of drug-likeness (QED) is 0.234. The molecule has 1 aromatic heterocycles. The predicted molar refractivity (Wildman–Crippen MR) is 142 cm³/mol. The van der Waals surface area contributed by atoms with Gasteiger partial charge in [0.05, 0.1) is 29.9 Å². The largest absolute Gasteiger partial charge is 0.488 e. The Kier molecular flexibility index (Phi) is 9.00. The van der Waals surface area contributed by atoms with Crippen LogP contribution in [0.3, 0.4) is 0 Å². The topological polar surface area (TPSA) is 114 Å². The first-order valence-corrected chi connectivity index (χ1v) is 16.3. The van der Waals surface area contributed by atoms with E-state index in [1.54, 1.807) is 55.5 Å². The molecule has 0 amide bonds. The van der Waals surface area contributed by atoms with Crippen molar-refractivity contribution in [2.45, 2.75) is 37.6 Å². The molecule has 0 unspecified atom stereocenters. The highest BCUT2D eigenvalue weighted by Gasteiger charge is 2.19. The number of aromatic nitrogens is 2. The van der Waals surface area contributed by atoms with Crippen molar-refractivity contribution in [2.24, 2.45) is 0 Å². The molecule has 0 aliphatic rings. The number of carbonyl (C=O) groups is 1. The number of ether oxygens (including phenoxy) is 3. The Balaban J connectivity index is 1.92. The summed E-state index contributed by atoms with van der Waals surface area (Å²) in [6.45, 7) is 7.40. The monoisotopic (exact) mass is 548 g/mol. The standard InChI is InChI=1S/C26H33N2O7PS/c1-18-11-21(28(27-18)17-36(4,5)30)14-26(29)20-12-23(34-19(2)16-33-3)15-24(13-20)35-22-7-9-25(10-8-22)37(6,31)32/h7-13,15,19H,14,16-17H2,1-6H3/t19-/m0/s1. The molecule has 1 heterocycles. The summed E-state index contributed by atoms with van der Waals surface area (Å²) in [5.74, 6) is 0.997. The third-order valence-corrected chi connectivity index (χ3v) is 7.31. The Morgan fingerprint density at radius 2 is 1.70 bits per heavy atom. The fraction of sp³-hybridized carbons (Fsp3) is 0.385. The molecule has 0 saturated heterocycles. The Morgan fingerprint density at radius 1 is 1.05 bits per heavy atom. The van der Waals surface area contributed by atoms with Crippen LogP contribution in [0.1, 0.15) is 28.7 Å². The Hall–Kier alpha value is -2.94. The number of sulfone groups is 1. The van der Waals surface area contributed by atoms with E-state index in [2.05, 4.69) is 5.10 Å². The first-order valence-electron chi connectivity index (χ1n) is 11.6. The maximum Gasteiger partial charge on any atom is 0.175 e. The van der Waals surface area contributed by atoms with E-state index in [4.69, 9.17) is 14.2 Å². The van der Waals surface area contributed by atoms with Crippen LogP contribution in [0, 0.1) is 6.92 Å². The van der Waals surface area contributed by atoms with Crippen LogP contribution in [0.15, 0.2) is 53.4 Å². The van der Waals surface area contributed by atoms with Gasteiger partial charge in [0, 0.05) is 30.7 Å². The second kappa shape index (κ2) is 11.6. The molecule has 9 nitrogen and oxygen atoms in total. The zero-order valence-electron chi connectivity index (χ0n) is 21.9. The molecule has 0 N–H and O–H groups in total. The Labute approximate surface area is 218 Å². The van der Waals surface area contributed by atoms with E-state index in [0.717, 1.165) is 11.9 Å². The second-order valence-corrected chi connectivity index (χ2v) is 15.0. The lowest BCUT2D eigenvalue weighted by Crippen LogP contribution is -2.18. The maximum absolute atomic E-state index is 13.4. The van der Waals surface area contributed by atoms with E-state index >= 15 is 0 Å². The van der Waals surface area contributed by atoms with Crippen molar-refractivity contribution < 1.29 is 32.0 Å². The van der Waals surface area contributed by atoms with Crippen LogP contribution in [0.4, 0.5) is 0 Å². The third kappa shape index (κ3) is 8.55. The fourth-order valence-corrected chi connectivity index (χ4v) is 5.23. The molecule has 37 heavy (non-hydrogen) atoms. The third-order valence-electron chi connectivity index (χ3n) is 5.23. The number of nitrogens with zero attached hydrogens (tertiary/aromatic N) is 2. The maximum atomic E-state index is 13.4. The highest BCUT2D eigenvalue weighted by Crippen LogP contribution is 2.38. The summed E-state index contributed by atoms with van der Waals surface area (Å²) in [5.41, 5.74) is 1.78. The minimum absolute atomic E-state index is 0.0560. The van der Waals surface area contributed by atoms with Crippen LogP contribution in [0.5, 0.6) is 17.2 Å². The number of carbonyl (C=O) groups excluding carboxylic acids is 1. The van der Waals surface area contributed by atoms with E-state index in [1.807, 2.05) is 19.9 Å². The second-order valence-electron chi connectivity index (χ2n) is 9.51. The SMILES string of the molecule is COC[C@H](C)Oc1cc(Oc2ccc(S(C)(=O)=O)cc2)cc(C(=O)Cc2cc(C)nn2CP(C)(C)=O)c1. The number of hydrogen-bond donors (Lipinski definition) is 0. The summed E-state index contributed by atoms with van der Waals surface area (Å²) < 4.78 is 54.5. The Morgan fingerprint density at radius 3 is 2.30 bits per heavy atom. The smallest absolute Gasteiger partial charge is 0.175 e. The van der Waals surface area contributed by atoms with Crippen LogP contribution in [0.2, 0.25) is 0 Å². The molecule has 3 aromatic rings. The van der Waals surface area contributed by atoms with Crippen molar-refractivity contribution in [1.82, 2.24) is 9.78 Å². The Bertz CT molecular complexity index is 1410. The lowest BCUT2D eigenvalue weighted by atomic mass is 10.1. The van der Waals surface area contributed by atoms with Crippen molar-refractivity contribution in [2.75, 3.05) is 33.3 Å². The first kappa shape index (κ1) is 28.6. The first-order chi connectivity index (χ1) is 17.2. The van der Waals surface area contributed by atoms with E-state index in [1.165, 1.54) is 12.1 Å². The molecule has 3 rings (SSSR count). The van der Waals surface area contributed by atoms with Crippen molar-refractivity contribution in [3.8, 4) is 17.2 Å². The summed E-state index contributed by atoms with van der Waals surface area (Å²) in [7, 11) is -4.17.